The summed E-state index contributed by atoms with van der Waals surface area (Å²) in [6.07, 6.45) is 1.07. The second-order valence-corrected chi connectivity index (χ2v) is 8.81. The first-order valence-corrected chi connectivity index (χ1v) is 10.2. The lowest BCUT2D eigenvalue weighted by Crippen LogP contribution is -2.37. The van der Waals surface area contributed by atoms with Crippen LogP contribution in [-0.2, 0) is 14.8 Å². The van der Waals surface area contributed by atoms with Crippen LogP contribution in [0.15, 0.2) is 40.3 Å². The van der Waals surface area contributed by atoms with Crippen molar-refractivity contribution in [2.45, 2.75) is 25.7 Å². The average Bonchev–Trinajstić information content (AvgIpc) is 2.56. The molecule has 0 heterocycles. The molecule has 2 aromatic rings. The van der Waals surface area contributed by atoms with E-state index in [2.05, 4.69) is 10.5 Å². The molecule has 2 aromatic carbocycles. The molecule has 0 unspecified atom stereocenters. The van der Waals surface area contributed by atoms with Crippen molar-refractivity contribution in [1.82, 2.24) is 9.73 Å². The van der Waals surface area contributed by atoms with Gasteiger partial charge >= 0.3 is 0 Å². The van der Waals surface area contributed by atoms with Crippen molar-refractivity contribution in [3.63, 3.8) is 0 Å². The smallest absolute Gasteiger partial charge is 0.255 e. The molecule has 0 bridgehead atoms. The summed E-state index contributed by atoms with van der Waals surface area (Å²) in [5.41, 5.74) is 4.37. The number of carbonyl (C=O) groups excluding carboxylic acids is 1. The lowest BCUT2D eigenvalue weighted by Gasteiger charge is -2.19. The molecule has 2 rings (SSSR count). The van der Waals surface area contributed by atoms with Crippen LogP contribution in [0.5, 0.6) is 0 Å². The van der Waals surface area contributed by atoms with Crippen LogP contribution < -0.4 is 5.43 Å². The first kappa shape index (κ1) is 22.0. The molecule has 0 aliphatic rings. The largest absolute Gasteiger partial charge is 0.272 e. The van der Waals surface area contributed by atoms with E-state index in [1.807, 2.05) is 6.92 Å². The van der Waals surface area contributed by atoms with Crippen LogP contribution in [0.1, 0.15) is 22.3 Å². The predicted molar refractivity (Wildman–Crippen MR) is 108 cm³/mol. The molecule has 0 saturated heterocycles. The van der Waals surface area contributed by atoms with E-state index in [0.717, 1.165) is 16.1 Å². The highest BCUT2D eigenvalue weighted by atomic mass is 35.5. The zero-order valence-corrected chi connectivity index (χ0v) is 17.5. The van der Waals surface area contributed by atoms with Crippen LogP contribution in [0, 0.1) is 26.6 Å². The lowest BCUT2D eigenvalue weighted by atomic mass is 10.1. The molecule has 1 N–H and O–H groups in total. The number of aryl methyl sites for hydroxylation is 3. The lowest BCUT2D eigenvalue weighted by molar-refractivity contribution is -0.121. The van der Waals surface area contributed by atoms with Crippen molar-refractivity contribution in [2.24, 2.45) is 5.10 Å². The number of hydrazone groups is 1. The van der Waals surface area contributed by atoms with Crippen LogP contribution in [-0.4, -0.2) is 38.4 Å². The highest BCUT2D eigenvalue weighted by Crippen LogP contribution is 2.24. The molecular formula is C19H21ClFN3O3S. The third-order valence-electron chi connectivity index (χ3n) is 4.02. The maximum atomic E-state index is 13.7. The monoisotopic (exact) mass is 425 g/mol. The van der Waals surface area contributed by atoms with Gasteiger partial charge in [0.15, 0.2) is 0 Å². The van der Waals surface area contributed by atoms with Gasteiger partial charge in [0.2, 0.25) is 10.0 Å². The fourth-order valence-electron chi connectivity index (χ4n) is 2.85. The number of rotatable bonds is 6. The Morgan fingerprint density at radius 1 is 1.25 bits per heavy atom. The molecule has 0 spiro atoms. The summed E-state index contributed by atoms with van der Waals surface area (Å²) in [4.78, 5) is 12.2. The van der Waals surface area contributed by atoms with Crippen molar-refractivity contribution < 1.29 is 17.6 Å². The molecule has 9 heteroatoms. The minimum Gasteiger partial charge on any atom is -0.272 e. The molecule has 0 atom stereocenters. The van der Waals surface area contributed by atoms with Gasteiger partial charge in [-0.2, -0.15) is 9.41 Å². The van der Waals surface area contributed by atoms with Gasteiger partial charge in [-0.25, -0.2) is 18.2 Å². The Kier molecular flexibility index (Phi) is 6.92. The van der Waals surface area contributed by atoms with Gasteiger partial charge in [-0.3, -0.25) is 4.79 Å². The van der Waals surface area contributed by atoms with Crippen molar-refractivity contribution in [3.8, 4) is 0 Å². The van der Waals surface area contributed by atoms with Gasteiger partial charge in [0.05, 0.1) is 22.7 Å². The molecule has 0 aliphatic heterocycles. The van der Waals surface area contributed by atoms with E-state index in [4.69, 9.17) is 11.6 Å². The maximum absolute atomic E-state index is 13.7. The molecule has 28 heavy (non-hydrogen) atoms. The maximum Gasteiger partial charge on any atom is 0.255 e. The first-order chi connectivity index (χ1) is 13.0. The number of benzene rings is 2. The van der Waals surface area contributed by atoms with E-state index >= 15 is 0 Å². The number of sulfonamides is 1. The van der Waals surface area contributed by atoms with Gasteiger partial charge in [0.1, 0.15) is 5.82 Å². The second kappa shape index (κ2) is 8.81. The zero-order valence-electron chi connectivity index (χ0n) is 16.0. The van der Waals surface area contributed by atoms with Crippen LogP contribution in [0.4, 0.5) is 4.39 Å². The van der Waals surface area contributed by atoms with E-state index in [0.29, 0.717) is 11.1 Å². The van der Waals surface area contributed by atoms with Crippen LogP contribution >= 0.6 is 11.6 Å². The minimum atomic E-state index is -3.86. The van der Waals surface area contributed by atoms with Gasteiger partial charge in [-0.1, -0.05) is 35.4 Å². The SMILES string of the molecule is Cc1cc(C)c(S(=O)(=O)N(C)CC(=O)N/N=C\c2c(F)cccc2Cl)c(C)c1. The zero-order chi connectivity index (χ0) is 21.1. The summed E-state index contributed by atoms with van der Waals surface area (Å²) in [6.45, 7) is 4.86. The Balaban J connectivity index is 2.11. The average molecular weight is 426 g/mol. The van der Waals surface area contributed by atoms with E-state index in [1.165, 1.54) is 25.2 Å². The third-order valence-corrected chi connectivity index (χ3v) is 6.46. The Hall–Kier alpha value is -2.29. The summed E-state index contributed by atoms with van der Waals surface area (Å²) in [5, 5.41) is 3.79. The van der Waals surface area contributed by atoms with Crippen molar-refractivity contribution in [2.75, 3.05) is 13.6 Å². The summed E-state index contributed by atoms with van der Waals surface area (Å²) < 4.78 is 40.3. The Morgan fingerprint density at radius 3 is 2.43 bits per heavy atom. The number of amides is 1. The Labute approximate surface area is 169 Å². The topological polar surface area (TPSA) is 78.8 Å². The Morgan fingerprint density at radius 2 is 1.86 bits per heavy atom. The van der Waals surface area contributed by atoms with Crippen molar-refractivity contribution in [3.05, 3.63) is 63.4 Å². The number of halogens is 2. The number of hydrogen-bond donors (Lipinski definition) is 1. The van der Waals surface area contributed by atoms with Gasteiger partial charge in [-0.05, 0) is 44.0 Å². The van der Waals surface area contributed by atoms with E-state index in [1.54, 1.807) is 26.0 Å². The molecule has 0 aromatic heterocycles. The first-order valence-electron chi connectivity index (χ1n) is 8.34. The molecule has 0 radical (unpaired) electrons. The number of hydrogen-bond acceptors (Lipinski definition) is 4. The van der Waals surface area contributed by atoms with Gasteiger partial charge < -0.3 is 0 Å². The highest BCUT2D eigenvalue weighted by Gasteiger charge is 2.26. The van der Waals surface area contributed by atoms with Gasteiger partial charge in [0, 0.05) is 12.6 Å². The van der Waals surface area contributed by atoms with E-state index in [9.17, 15) is 17.6 Å². The van der Waals surface area contributed by atoms with Crippen LogP contribution in [0.3, 0.4) is 0 Å². The molecule has 0 saturated carbocycles. The predicted octanol–water partition coefficient (Wildman–Crippen LogP) is 3.18. The fourth-order valence-corrected chi connectivity index (χ4v) is 4.60. The standard InChI is InChI=1S/C19H21ClFN3O3S/c1-12-8-13(2)19(14(3)9-12)28(26,27)24(4)11-18(25)23-22-10-15-16(20)6-5-7-17(15)21/h5-10H,11H2,1-4H3,(H,23,25)/b22-10-. The quantitative estimate of drug-likeness (QED) is 0.570. The normalized spacial score (nSPS) is 12.0. The molecule has 0 aliphatic carbocycles. The van der Waals surface area contributed by atoms with Crippen molar-refractivity contribution >= 4 is 33.7 Å². The molecule has 6 nitrogen and oxygen atoms in total. The van der Waals surface area contributed by atoms with Crippen LogP contribution in [0.25, 0.3) is 0 Å². The van der Waals surface area contributed by atoms with E-state index < -0.39 is 28.3 Å². The number of nitrogens with zero attached hydrogens (tertiary/aromatic N) is 2. The molecule has 1 amide bonds. The molecule has 0 fully saturated rings. The summed E-state index contributed by atoms with van der Waals surface area (Å²) >= 11 is 5.87. The summed E-state index contributed by atoms with van der Waals surface area (Å²) in [5.74, 6) is -1.26. The second-order valence-electron chi connectivity index (χ2n) is 6.42. The number of likely N-dealkylation sites (N-methyl/N-ethyl adjacent to an activating group) is 1. The number of carbonyl (C=O) groups is 1. The minimum absolute atomic E-state index is 0.0244. The van der Waals surface area contributed by atoms with Gasteiger partial charge in [0.25, 0.3) is 5.91 Å². The molecule has 150 valence electrons. The number of nitrogens with one attached hydrogen (secondary N) is 1. The van der Waals surface area contributed by atoms with Crippen molar-refractivity contribution in [1.29, 1.82) is 0 Å². The van der Waals surface area contributed by atoms with Crippen LogP contribution in [0.2, 0.25) is 5.02 Å². The van der Waals surface area contributed by atoms with E-state index in [-0.39, 0.29) is 15.5 Å². The summed E-state index contributed by atoms with van der Waals surface area (Å²) in [7, 11) is -2.55. The molecular weight excluding hydrogens is 405 g/mol. The third kappa shape index (κ3) is 4.95. The Bertz CT molecular complexity index is 995. The highest BCUT2D eigenvalue weighted by molar-refractivity contribution is 7.89. The van der Waals surface area contributed by atoms with Gasteiger partial charge in [-0.15, -0.1) is 0 Å². The summed E-state index contributed by atoms with van der Waals surface area (Å²) in [6, 6.07) is 7.69. The fraction of sp³-hybridized carbons (Fsp3) is 0.263.